The van der Waals surface area contributed by atoms with Gasteiger partial charge < -0.3 is 0 Å². The van der Waals surface area contributed by atoms with E-state index in [4.69, 9.17) is 0 Å². The molecule has 0 aliphatic heterocycles. The highest BCUT2D eigenvalue weighted by molar-refractivity contribution is 7.12. The number of benzene rings is 1. The van der Waals surface area contributed by atoms with E-state index < -0.39 is 0 Å². The molecule has 15 heavy (non-hydrogen) atoms. The summed E-state index contributed by atoms with van der Waals surface area (Å²) in [5, 5.41) is 0.897. The lowest BCUT2D eigenvalue weighted by molar-refractivity contribution is 1.22. The number of rotatable bonds is 0. The molecule has 2 rings (SSSR count). The Morgan fingerprint density at radius 3 is 2.40 bits per heavy atom. The maximum absolute atomic E-state index is 4.37. The molecule has 0 N–H and O–H groups in total. The van der Waals surface area contributed by atoms with Crippen molar-refractivity contribution in [1.29, 1.82) is 0 Å². The second-order valence-electron chi connectivity index (χ2n) is 3.28. The molecular weight excluding hydrogens is 202 g/mol. The predicted octanol–water partition coefficient (Wildman–Crippen LogP) is 3.16. The molecule has 0 aliphatic rings. The second-order valence-corrected chi connectivity index (χ2v) is 4.48. The van der Waals surface area contributed by atoms with Crippen LogP contribution in [0.5, 0.6) is 0 Å². The predicted molar refractivity (Wildman–Crippen MR) is 64.0 cm³/mol. The SMILES string of the molecule is Cc1nc(C#Cc2ccccc2)sc1C. The van der Waals surface area contributed by atoms with Crippen molar-refractivity contribution < 1.29 is 0 Å². The Morgan fingerprint density at radius 1 is 1.07 bits per heavy atom. The van der Waals surface area contributed by atoms with E-state index in [2.05, 4.69) is 23.7 Å². The van der Waals surface area contributed by atoms with E-state index in [0.29, 0.717) is 0 Å². The summed E-state index contributed by atoms with van der Waals surface area (Å²) >= 11 is 1.65. The fourth-order valence-corrected chi connectivity index (χ4v) is 1.94. The van der Waals surface area contributed by atoms with Gasteiger partial charge >= 0.3 is 0 Å². The van der Waals surface area contributed by atoms with E-state index in [1.54, 1.807) is 11.3 Å². The number of nitrogens with zero attached hydrogens (tertiary/aromatic N) is 1. The average Bonchev–Trinajstić information content (AvgIpc) is 2.57. The van der Waals surface area contributed by atoms with Gasteiger partial charge in [-0.25, -0.2) is 4.98 Å². The minimum Gasteiger partial charge on any atom is -0.233 e. The molecule has 2 aromatic rings. The van der Waals surface area contributed by atoms with Crippen LogP contribution in [0.3, 0.4) is 0 Å². The monoisotopic (exact) mass is 213 g/mol. The number of hydrogen-bond acceptors (Lipinski definition) is 2. The van der Waals surface area contributed by atoms with Crippen molar-refractivity contribution in [1.82, 2.24) is 4.98 Å². The number of aromatic nitrogens is 1. The van der Waals surface area contributed by atoms with Crippen LogP contribution in [0.15, 0.2) is 30.3 Å². The van der Waals surface area contributed by atoms with Crippen LogP contribution in [0.25, 0.3) is 0 Å². The largest absolute Gasteiger partial charge is 0.233 e. The van der Waals surface area contributed by atoms with E-state index in [1.807, 2.05) is 37.3 Å². The molecule has 0 saturated carbocycles. The Labute approximate surface area is 93.8 Å². The first-order valence-corrected chi connectivity index (χ1v) is 5.58. The van der Waals surface area contributed by atoms with E-state index in [-0.39, 0.29) is 0 Å². The summed E-state index contributed by atoms with van der Waals surface area (Å²) in [6, 6.07) is 9.97. The molecule has 0 bridgehead atoms. The quantitative estimate of drug-likeness (QED) is 0.613. The molecule has 74 valence electrons. The Hall–Kier alpha value is -1.59. The minimum absolute atomic E-state index is 0.897. The molecule has 2 heteroatoms. The van der Waals surface area contributed by atoms with E-state index in [1.165, 1.54) is 4.88 Å². The van der Waals surface area contributed by atoms with Gasteiger partial charge in [-0.15, -0.1) is 11.3 Å². The van der Waals surface area contributed by atoms with Crippen molar-refractivity contribution in [3.63, 3.8) is 0 Å². The van der Waals surface area contributed by atoms with Crippen LogP contribution in [0, 0.1) is 25.7 Å². The molecule has 0 fully saturated rings. The third-order valence-electron chi connectivity index (χ3n) is 2.12. The van der Waals surface area contributed by atoms with Gasteiger partial charge in [0.1, 0.15) is 0 Å². The highest BCUT2D eigenvalue weighted by Crippen LogP contribution is 2.15. The molecule has 0 unspecified atom stereocenters. The normalized spacial score (nSPS) is 9.47. The van der Waals surface area contributed by atoms with Crippen molar-refractivity contribution in [2.45, 2.75) is 13.8 Å². The summed E-state index contributed by atoms with van der Waals surface area (Å²) in [5.41, 5.74) is 2.11. The van der Waals surface area contributed by atoms with Gasteiger partial charge in [0.25, 0.3) is 0 Å². The summed E-state index contributed by atoms with van der Waals surface area (Å²) in [6.45, 7) is 4.08. The molecule has 0 spiro atoms. The van der Waals surface area contributed by atoms with Crippen molar-refractivity contribution in [2.75, 3.05) is 0 Å². The number of aryl methyl sites for hydroxylation is 2. The number of hydrogen-bond donors (Lipinski definition) is 0. The third-order valence-corrected chi connectivity index (χ3v) is 3.10. The Bertz CT molecular complexity index is 495. The molecule has 1 heterocycles. The van der Waals surface area contributed by atoms with Gasteiger partial charge in [0.2, 0.25) is 0 Å². The molecule has 1 nitrogen and oxygen atoms in total. The highest BCUT2D eigenvalue weighted by Gasteiger charge is 1.99. The van der Waals surface area contributed by atoms with Crippen molar-refractivity contribution in [3.8, 4) is 11.8 Å². The Balaban J connectivity index is 2.26. The standard InChI is InChI=1S/C13H11NS/c1-10-11(2)15-13(14-10)9-8-12-6-4-3-5-7-12/h3-7H,1-2H3. The fraction of sp³-hybridized carbons (Fsp3) is 0.154. The molecule has 1 aromatic carbocycles. The zero-order valence-electron chi connectivity index (χ0n) is 8.74. The van der Waals surface area contributed by atoms with Crippen LogP contribution in [-0.2, 0) is 0 Å². The van der Waals surface area contributed by atoms with Crippen LogP contribution in [0.4, 0.5) is 0 Å². The number of thiazole rings is 1. The maximum atomic E-state index is 4.37. The Morgan fingerprint density at radius 2 is 1.80 bits per heavy atom. The van der Waals surface area contributed by atoms with Crippen LogP contribution in [-0.4, -0.2) is 4.98 Å². The lowest BCUT2D eigenvalue weighted by Gasteiger charge is -1.84. The summed E-state index contributed by atoms with van der Waals surface area (Å²) in [7, 11) is 0. The summed E-state index contributed by atoms with van der Waals surface area (Å²) in [6.07, 6.45) is 0. The molecule has 0 saturated heterocycles. The Kier molecular flexibility index (Phi) is 2.84. The topological polar surface area (TPSA) is 12.9 Å². The zero-order valence-corrected chi connectivity index (χ0v) is 9.56. The first kappa shape index (κ1) is 9.95. The highest BCUT2D eigenvalue weighted by atomic mass is 32.1. The van der Waals surface area contributed by atoms with Gasteiger partial charge in [0.05, 0.1) is 5.69 Å². The molecule has 0 aliphatic carbocycles. The van der Waals surface area contributed by atoms with Crippen LogP contribution >= 0.6 is 11.3 Å². The summed E-state index contributed by atoms with van der Waals surface area (Å²) in [4.78, 5) is 5.61. The molecular formula is C13H11NS. The van der Waals surface area contributed by atoms with Crippen molar-refractivity contribution in [3.05, 3.63) is 51.5 Å². The lowest BCUT2D eigenvalue weighted by atomic mass is 10.2. The van der Waals surface area contributed by atoms with Crippen LogP contribution in [0.1, 0.15) is 21.1 Å². The van der Waals surface area contributed by atoms with E-state index in [0.717, 1.165) is 16.3 Å². The molecule has 0 radical (unpaired) electrons. The summed E-state index contributed by atoms with van der Waals surface area (Å²) < 4.78 is 0. The molecule has 0 atom stereocenters. The fourth-order valence-electron chi connectivity index (χ4n) is 1.17. The zero-order chi connectivity index (χ0) is 10.7. The minimum atomic E-state index is 0.897. The van der Waals surface area contributed by atoms with Crippen molar-refractivity contribution >= 4 is 11.3 Å². The average molecular weight is 213 g/mol. The molecule has 0 amide bonds. The molecule has 1 aromatic heterocycles. The van der Waals surface area contributed by atoms with E-state index >= 15 is 0 Å². The third kappa shape index (κ3) is 2.45. The van der Waals surface area contributed by atoms with Gasteiger partial charge in [0.15, 0.2) is 5.01 Å². The maximum Gasteiger partial charge on any atom is 0.167 e. The van der Waals surface area contributed by atoms with Gasteiger partial charge in [-0.05, 0) is 31.9 Å². The second kappa shape index (κ2) is 4.29. The van der Waals surface area contributed by atoms with Crippen molar-refractivity contribution in [2.24, 2.45) is 0 Å². The first-order chi connectivity index (χ1) is 7.25. The van der Waals surface area contributed by atoms with Gasteiger partial charge in [0, 0.05) is 10.4 Å². The first-order valence-electron chi connectivity index (χ1n) is 4.77. The van der Waals surface area contributed by atoms with Crippen LogP contribution < -0.4 is 0 Å². The summed E-state index contributed by atoms with van der Waals surface area (Å²) in [5.74, 6) is 6.18. The van der Waals surface area contributed by atoms with Gasteiger partial charge in [-0.3, -0.25) is 0 Å². The smallest absolute Gasteiger partial charge is 0.167 e. The van der Waals surface area contributed by atoms with E-state index in [9.17, 15) is 0 Å². The van der Waals surface area contributed by atoms with Gasteiger partial charge in [-0.1, -0.05) is 24.1 Å². The van der Waals surface area contributed by atoms with Crippen LogP contribution in [0.2, 0.25) is 0 Å². The van der Waals surface area contributed by atoms with Gasteiger partial charge in [-0.2, -0.15) is 0 Å². The lowest BCUT2D eigenvalue weighted by Crippen LogP contribution is -1.75.